The van der Waals surface area contributed by atoms with E-state index in [4.69, 9.17) is 0 Å². The second-order valence-electron chi connectivity index (χ2n) is 3.28. The second kappa shape index (κ2) is 4.52. The number of hydrogen-bond donors (Lipinski definition) is 0. The van der Waals surface area contributed by atoms with E-state index in [9.17, 15) is 13.2 Å². The molecule has 1 rings (SSSR count). The first-order valence-corrected chi connectivity index (χ1v) is 6.54. The SMILES string of the molecule is CCn1ncnc1CC(=O)CS(C)(=O)=O. The molecule has 0 bridgehead atoms. The third kappa shape index (κ3) is 3.78. The van der Waals surface area contributed by atoms with Crippen LogP contribution in [0, 0.1) is 0 Å². The summed E-state index contributed by atoms with van der Waals surface area (Å²) in [7, 11) is -3.25. The van der Waals surface area contributed by atoms with Crippen molar-refractivity contribution in [2.45, 2.75) is 19.9 Å². The highest BCUT2D eigenvalue weighted by atomic mass is 32.2. The molecule has 0 N–H and O–H groups in total. The predicted molar refractivity (Wildman–Crippen MR) is 54.1 cm³/mol. The monoisotopic (exact) mass is 231 g/mol. The third-order valence-corrected chi connectivity index (χ3v) is 2.62. The smallest absolute Gasteiger partial charge is 0.155 e. The van der Waals surface area contributed by atoms with Gasteiger partial charge in [-0.25, -0.2) is 18.1 Å². The molecule has 0 fully saturated rings. The van der Waals surface area contributed by atoms with Crippen molar-refractivity contribution < 1.29 is 13.2 Å². The van der Waals surface area contributed by atoms with E-state index in [1.165, 1.54) is 6.33 Å². The topological polar surface area (TPSA) is 81.9 Å². The van der Waals surface area contributed by atoms with Gasteiger partial charge >= 0.3 is 0 Å². The van der Waals surface area contributed by atoms with Gasteiger partial charge in [-0.2, -0.15) is 5.10 Å². The van der Waals surface area contributed by atoms with E-state index in [1.54, 1.807) is 4.68 Å². The fraction of sp³-hybridized carbons (Fsp3) is 0.625. The van der Waals surface area contributed by atoms with Crippen molar-refractivity contribution >= 4 is 15.6 Å². The van der Waals surface area contributed by atoms with Crippen molar-refractivity contribution in [2.24, 2.45) is 0 Å². The molecular formula is C8H13N3O3S. The molecule has 15 heavy (non-hydrogen) atoms. The van der Waals surface area contributed by atoms with Crippen molar-refractivity contribution in [1.82, 2.24) is 14.8 Å². The average Bonchev–Trinajstić information content (AvgIpc) is 2.48. The van der Waals surface area contributed by atoms with Gasteiger partial charge in [0, 0.05) is 12.8 Å². The van der Waals surface area contributed by atoms with Crippen LogP contribution in [0.4, 0.5) is 0 Å². The van der Waals surface area contributed by atoms with Crippen LogP contribution in [0.1, 0.15) is 12.7 Å². The summed E-state index contributed by atoms with van der Waals surface area (Å²) in [6, 6.07) is 0. The Hall–Kier alpha value is -1.24. The Morgan fingerprint density at radius 1 is 1.53 bits per heavy atom. The largest absolute Gasteiger partial charge is 0.298 e. The highest BCUT2D eigenvalue weighted by molar-refractivity contribution is 7.91. The van der Waals surface area contributed by atoms with Crippen LogP contribution >= 0.6 is 0 Å². The lowest BCUT2D eigenvalue weighted by Gasteiger charge is -2.01. The Labute approximate surface area is 88.2 Å². The second-order valence-corrected chi connectivity index (χ2v) is 5.42. The van der Waals surface area contributed by atoms with Gasteiger partial charge in [-0.3, -0.25) is 4.79 Å². The van der Waals surface area contributed by atoms with E-state index in [0.717, 1.165) is 6.26 Å². The molecule has 0 amide bonds. The van der Waals surface area contributed by atoms with Gasteiger partial charge in [-0.05, 0) is 6.92 Å². The van der Waals surface area contributed by atoms with Crippen LogP contribution in [0.15, 0.2) is 6.33 Å². The van der Waals surface area contributed by atoms with Crippen LogP contribution in [0.3, 0.4) is 0 Å². The number of Topliss-reactive ketones (excluding diaryl/α,β-unsaturated/α-hetero) is 1. The van der Waals surface area contributed by atoms with Crippen LogP contribution in [0.5, 0.6) is 0 Å². The average molecular weight is 231 g/mol. The highest BCUT2D eigenvalue weighted by Crippen LogP contribution is 1.98. The highest BCUT2D eigenvalue weighted by Gasteiger charge is 2.14. The lowest BCUT2D eigenvalue weighted by molar-refractivity contribution is -0.116. The first-order valence-electron chi connectivity index (χ1n) is 4.48. The number of nitrogens with zero attached hydrogens (tertiary/aromatic N) is 3. The zero-order valence-electron chi connectivity index (χ0n) is 8.67. The molecule has 0 radical (unpaired) electrons. The normalized spacial score (nSPS) is 11.6. The summed E-state index contributed by atoms with van der Waals surface area (Å²) >= 11 is 0. The third-order valence-electron chi connectivity index (χ3n) is 1.77. The number of rotatable bonds is 5. The van der Waals surface area contributed by atoms with Gasteiger partial charge in [0.1, 0.15) is 17.9 Å². The Balaban J connectivity index is 2.67. The van der Waals surface area contributed by atoms with E-state index in [-0.39, 0.29) is 12.2 Å². The molecule has 0 saturated heterocycles. The van der Waals surface area contributed by atoms with E-state index in [1.807, 2.05) is 6.92 Å². The van der Waals surface area contributed by atoms with Crippen molar-refractivity contribution in [2.75, 3.05) is 12.0 Å². The summed E-state index contributed by atoms with van der Waals surface area (Å²) in [5.41, 5.74) is 0. The maximum Gasteiger partial charge on any atom is 0.155 e. The van der Waals surface area contributed by atoms with Gasteiger partial charge in [0.25, 0.3) is 0 Å². The van der Waals surface area contributed by atoms with Crippen molar-refractivity contribution in [1.29, 1.82) is 0 Å². The number of carbonyl (C=O) groups is 1. The maximum absolute atomic E-state index is 11.3. The minimum atomic E-state index is -3.25. The molecule has 1 heterocycles. The van der Waals surface area contributed by atoms with Crippen molar-refractivity contribution in [3.05, 3.63) is 12.2 Å². The lowest BCUT2D eigenvalue weighted by Crippen LogP contribution is -2.18. The zero-order chi connectivity index (χ0) is 11.5. The zero-order valence-corrected chi connectivity index (χ0v) is 9.49. The first kappa shape index (κ1) is 11.8. The summed E-state index contributed by atoms with van der Waals surface area (Å²) in [6.45, 7) is 2.49. The molecule has 0 aromatic carbocycles. The van der Waals surface area contributed by atoms with Crippen LogP contribution in [0.25, 0.3) is 0 Å². The van der Waals surface area contributed by atoms with Gasteiger partial charge in [0.05, 0.1) is 6.42 Å². The summed E-state index contributed by atoms with van der Waals surface area (Å²) < 4.78 is 23.3. The molecule has 0 aliphatic rings. The van der Waals surface area contributed by atoms with Crippen LogP contribution < -0.4 is 0 Å². The standard InChI is InChI=1S/C8H13N3O3S/c1-3-11-8(9-6-10-11)4-7(12)5-15(2,13)14/h6H,3-5H2,1-2H3. The molecule has 1 aromatic heterocycles. The molecule has 0 saturated carbocycles. The molecule has 0 aliphatic carbocycles. The number of carbonyl (C=O) groups excluding carboxylic acids is 1. The molecule has 0 atom stereocenters. The number of aryl methyl sites for hydroxylation is 1. The van der Waals surface area contributed by atoms with Gasteiger partial charge in [0.2, 0.25) is 0 Å². The van der Waals surface area contributed by atoms with Crippen LogP contribution in [-0.4, -0.2) is 41.0 Å². The van der Waals surface area contributed by atoms with E-state index in [2.05, 4.69) is 10.1 Å². The maximum atomic E-state index is 11.3. The molecule has 0 aliphatic heterocycles. The van der Waals surface area contributed by atoms with E-state index >= 15 is 0 Å². The summed E-state index contributed by atoms with van der Waals surface area (Å²) in [5.74, 6) is -0.296. The molecule has 84 valence electrons. The fourth-order valence-electron chi connectivity index (χ4n) is 1.21. The fourth-order valence-corrected chi connectivity index (χ4v) is 1.90. The van der Waals surface area contributed by atoms with Crippen LogP contribution in [0.2, 0.25) is 0 Å². The Bertz CT molecular complexity index is 449. The van der Waals surface area contributed by atoms with Gasteiger partial charge in [-0.1, -0.05) is 0 Å². The Morgan fingerprint density at radius 2 is 2.20 bits per heavy atom. The number of aromatic nitrogens is 3. The van der Waals surface area contributed by atoms with Crippen molar-refractivity contribution in [3.63, 3.8) is 0 Å². The quantitative estimate of drug-likeness (QED) is 0.679. The molecule has 1 aromatic rings. The molecule has 0 spiro atoms. The molecule has 0 unspecified atom stereocenters. The Kier molecular flexibility index (Phi) is 3.57. The number of sulfone groups is 1. The van der Waals surface area contributed by atoms with Gasteiger partial charge < -0.3 is 0 Å². The Morgan fingerprint density at radius 3 is 2.73 bits per heavy atom. The minimum Gasteiger partial charge on any atom is -0.298 e. The summed E-state index contributed by atoms with van der Waals surface area (Å²) in [4.78, 5) is 15.2. The molecule has 7 heteroatoms. The van der Waals surface area contributed by atoms with Crippen molar-refractivity contribution in [3.8, 4) is 0 Å². The summed E-state index contributed by atoms with van der Waals surface area (Å²) in [6.07, 6.45) is 2.41. The van der Waals surface area contributed by atoms with E-state index < -0.39 is 15.6 Å². The first-order chi connectivity index (χ1) is 6.92. The summed E-state index contributed by atoms with van der Waals surface area (Å²) in [5, 5.41) is 3.89. The predicted octanol–water partition coefficient (Wildman–Crippen LogP) is -0.546. The molecular weight excluding hydrogens is 218 g/mol. The van der Waals surface area contributed by atoms with E-state index in [0.29, 0.717) is 12.4 Å². The van der Waals surface area contributed by atoms with Gasteiger partial charge in [-0.15, -0.1) is 0 Å². The number of hydrogen-bond acceptors (Lipinski definition) is 5. The molecule has 6 nitrogen and oxygen atoms in total. The van der Waals surface area contributed by atoms with Gasteiger partial charge in [0.15, 0.2) is 15.6 Å². The minimum absolute atomic E-state index is 0.0148. The number of ketones is 1. The van der Waals surface area contributed by atoms with Crippen LogP contribution in [-0.2, 0) is 27.6 Å². The lowest BCUT2D eigenvalue weighted by atomic mass is 10.3.